The number of likely N-dealkylation sites (tertiary alicyclic amines) is 1. The highest BCUT2D eigenvalue weighted by Crippen LogP contribution is 2.45. The molecule has 2 aliphatic rings. The minimum Gasteiger partial charge on any atom is -0.372 e. The van der Waals surface area contributed by atoms with Crippen LogP contribution < -0.4 is 0 Å². The Labute approximate surface area is 130 Å². The van der Waals surface area contributed by atoms with Crippen molar-refractivity contribution in [2.24, 2.45) is 11.8 Å². The van der Waals surface area contributed by atoms with Gasteiger partial charge < -0.3 is 10.0 Å². The first-order chi connectivity index (χ1) is 10.7. The molecule has 4 rings (SSSR count). The summed E-state index contributed by atoms with van der Waals surface area (Å²) in [6.07, 6.45) is 2.27. The van der Waals surface area contributed by atoms with Crippen molar-refractivity contribution >= 4 is 5.91 Å². The van der Waals surface area contributed by atoms with E-state index in [2.05, 4.69) is 6.42 Å². The average molecular weight is 292 g/mol. The van der Waals surface area contributed by atoms with Crippen LogP contribution in [0.5, 0.6) is 0 Å². The molecule has 22 heavy (non-hydrogen) atoms. The third-order valence-corrected chi connectivity index (χ3v) is 4.75. The van der Waals surface area contributed by atoms with Crippen molar-refractivity contribution < 1.29 is 9.90 Å². The number of carbonyl (C=O) groups is 1. The number of carbonyl (C=O) groups excluding carboxylic acids is 1. The highest BCUT2D eigenvalue weighted by molar-refractivity contribution is 5.90. The van der Waals surface area contributed by atoms with E-state index in [4.69, 9.17) is 0 Å². The van der Waals surface area contributed by atoms with Crippen molar-refractivity contribution in [1.29, 1.82) is 0 Å². The summed E-state index contributed by atoms with van der Waals surface area (Å²) in [5.41, 5.74) is -0.370. The van der Waals surface area contributed by atoms with Crippen LogP contribution in [0.1, 0.15) is 11.1 Å². The van der Waals surface area contributed by atoms with Crippen LogP contribution in [-0.2, 0) is 10.4 Å². The summed E-state index contributed by atoms with van der Waals surface area (Å²) in [6, 6.07) is 18.4. The number of hydrogen-bond acceptors (Lipinski definition) is 2. The maximum Gasteiger partial charge on any atom is 0.263 e. The number of hydrogen-bond donors (Lipinski definition) is 1. The predicted molar refractivity (Wildman–Crippen MR) is 83.7 cm³/mol. The van der Waals surface area contributed by atoms with Gasteiger partial charge in [-0.15, -0.1) is 0 Å². The Hall–Kier alpha value is -2.13. The van der Waals surface area contributed by atoms with Crippen LogP contribution in [0.3, 0.4) is 0 Å². The molecular formula is C19H18NO2. The van der Waals surface area contributed by atoms with Gasteiger partial charge in [0.2, 0.25) is 0 Å². The van der Waals surface area contributed by atoms with Gasteiger partial charge in [0.05, 0.1) is 0 Å². The van der Waals surface area contributed by atoms with E-state index in [1.54, 1.807) is 4.90 Å². The van der Waals surface area contributed by atoms with Crippen LogP contribution in [0.25, 0.3) is 0 Å². The van der Waals surface area contributed by atoms with Gasteiger partial charge in [-0.3, -0.25) is 4.79 Å². The number of fused-ring (bicyclic) bond motifs is 1. The van der Waals surface area contributed by atoms with Crippen LogP contribution in [0.15, 0.2) is 60.7 Å². The Bertz CT molecular complexity index is 634. The Balaban J connectivity index is 1.76. The summed E-state index contributed by atoms with van der Waals surface area (Å²) >= 11 is 0. The molecule has 111 valence electrons. The van der Waals surface area contributed by atoms with E-state index in [0.29, 0.717) is 23.0 Å². The largest absolute Gasteiger partial charge is 0.372 e. The minimum atomic E-state index is -1.61. The fourth-order valence-corrected chi connectivity index (χ4v) is 3.40. The van der Waals surface area contributed by atoms with Crippen LogP contribution in [0.2, 0.25) is 0 Å². The second-order valence-corrected chi connectivity index (χ2v) is 6.17. The van der Waals surface area contributed by atoms with E-state index in [1.165, 1.54) is 0 Å². The number of aliphatic hydroxyl groups is 1. The number of nitrogens with zero attached hydrogens (tertiary/aromatic N) is 1. The number of benzene rings is 2. The zero-order valence-electron chi connectivity index (χ0n) is 12.2. The van der Waals surface area contributed by atoms with E-state index in [0.717, 1.165) is 13.1 Å². The average Bonchev–Trinajstić information content (AvgIpc) is 3.20. The number of piperidine rings is 1. The van der Waals surface area contributed by atoms with Gasteiger partial charge in [-0.25, -0.2) is 0 Å². The highest BCUT2D eigenvalue weighted by Gasteiger charge is 2.51. The van der Waals surface area contributed by atoms with E-state index in [-0.39, 0.29) is 5.91 Å². The fourth-order valence-electron chi connectivity index (χ4n) is 3.40. The van der Waals surface area contributed by atoms with Crippen molar-refractivity contribution in [2.45, 2.75) is 5.60 Å². The molecule has 3 nitrogen and oxygen atoms in total. The van der Waals surface area contributed by atoms with E-state index >= 15 is 0 Å². The fraction of sp³-hybridized carbons (Fsp3) is 0.263. The molecule has 2 aromatic carbocycles. The summed E-state index contributed by atoms with van der Waals surface area (Å²) < 4.78 is 0. The molecule has 1 N–H and O–H groups in total. The summed E-state index contributed by atoms with van der Waals surface area (Å²) in [5.74, 6) is 0.838. The Morgan fingerprint density at radius 3 is 1.82 bits per heavy atom. The van der Waals surface area contributed by atoms with Crippen LogP contribution in [-0.4, -0.2) is 29.0 Å². The van der Waals surface area contributed by atoms with E-state index in [9.17, 15) is 9.90 Å². The normalized spacial score (nSPS) is 23.2. The van der Waals surface area contributed by atoms with Crippen LogP contribution in [0, 0.1) is 18.3 Å². The quantitative estimate of drug-likeness (QED) is 0.942. The van der Waals surface area contributed by atoms with Crippen LogP contribution >= 0.6 is 0 Å². The predicted octanol–water partition coefficient (Wildman–Crippen LogP) is 2.21. The standard InChI is InChI=1S/C19H18NO2/c21-18(20-12-14-11-15(14)13-20)19(22,16-7-3-1-4-8-16)17-9-5-2-6-10-17/h1-11,14-15,22H,12-13H2. The third-order valence-electron chi connectivity index (χ3n) is 4.75. The van der Waals surface area contributed by atoms with Gasteiger partial charge in [0.15, 0.2) is 5.60 Å². The lowest BCUT2D eigenvalue weighted by Gasteiger charge is -2.32. The number of amides is 1. The molecule has 1 saturated heterocycles. The topological polar surface area (TPSA) is 40.5 Å². The molecule has 2 unspecified atom stereocenters. The lowest BCUT2D eigenvalue weighted by atomic mass is 9.85. The molecule has 1 radical (unpaired) electrons. The molecule has 1 amide bonds. The Morgan fingerprint density at radius 1 is 0.909 bits per heavy atom. The van der Waals surface area contributed by atoms with Gasteiger partial charge in [0, 0.05) is 13.1 Å². The number of rotatable bonds is 3. The smallest absolute Gasteiger partial charge is 0.263 e. The first-order valence-corrected chi connectivity index (χ1v) is 7.67. The molecule has 2 aromatic rings. The second-order valence-electron chi connectivity index (χ2n) is 6.17. The van der Waals surface area contributed by atoms with Crippen LogP contribution in [0.4, 0.5) is 0 Å². The van der Waals surface area contributed by atoms with E-state index in [1.807, 2.05) is 60.7 Å². The first kappa shape index (κ1) is 13.5. The SMILES string of the molecule is O=C(N1CC2[CH]C2C1)C(O)(c1ccccc1)c1ccccc1. The summed E-state index contributed by atoms with van der Waals surface area (Å²) in [7, 11) is 0. The molecule has 0 aromatic heterocycles. The molecule has 1 aliphatic heterocycles. The van der Waals surface area contributed by atoms with Gasteiger partial charge in [-0.2, -0.15) is 0 Å². The molecule has 1 heterocycles. The molecule has 1 saturated carbocycles. The van der Waals surface area contributed by atoms with Crippen molar-refractivity contribution in [3.63, 3.8) is 0 Å². The monoisotopic (exact) mass is 292 g/mol. The zero-order chi connectivity index (χ0) is 15.2. The van der Waals surface area contributed by atoms with Crippen molar-refractivity contribution in [2.75, 3.05) is 13.1 Å². The Kier molecular flexibility index (Phi) is 3.05. The Morgan fingerprint density at radius 2 is 1.36 bits per heavy atom. The summed E-state index contributed by atoms with van der Waals surface area (Å²) in [6.45, 7) is 1.46. The lowest BCUT2D eigenvalue weighted by molar-refractivity contribution is -0.147. The van der Waals surface area contributed by atoms with Gasteiger partial charge in [-0.1, -0.05) is 60.7 Å². The summed E-state index contributed by atoms with van der Waals surface area (Å²) in [4.78, 5) is 14.9. The van der Waals surface area contributed by atoms with Gasteiger partial charge >= 0.3 is 0 Å². The molecule has 0 bridgehead atoms. The van der Waals surface area contributed by atoms with Gasteiger partial charge in [0.1, 0.15) is 0 Å². The van der Waals surface area contributed by atoms with Gasteiger partial charge in [-0.05, 0) is 29.4 Å². The van der Waals surface area contributed by atoms with Crippen molar-refractivity contribution in [1.82, 2.24) is 4.90 Å². The third kappa shape index (κ3) is 2.04. The van der Waals surface area contributed by atoms with E-state index < -0.39 is 5.60 Å². The highest BCUT2D eigenvalue weighted by atomic mass is 16.3. The van der Waals surface area contributed by atoms with Gasteiger partial charge in [0.25, 0.3) is 5.91 Å². The molecule has 0 spiro atoms. The summed E-state index contributed by atoms with van der Waals surface area (Å²) in [5, 5.41) is 11.4. The second kappa shape index (κ2) is 4.96. The lowest BCUT2D eigenvalue weighted by Crippen LogP contribution is -2.47. The molecular weight excluding hydrogens is 274 g/mol. The molecule has 2 atom stereocenters. The zero-order valence-corrected chi connectivity index (χ0v) is 12.2. The maximum absolute atomic E-state index is 13.1. The molecule has 2 fully saturated rings. The molecule has 3 heteroatoms. The minimum absolute atomic E-state index is 0.217. The molecule has 1 aliphatic carbocycles. The van der Waals surface area contributed by atoms with Crippen molar-refractivity contribution in [3.05, 3.63) is 78.2 Å². The maximum atomic E-state index is 13.1. The first-order valence-electron chi connectivity index (χ1n) is 7.67. The van der Waals surface area contributed by atoms with Crippen molar-refractivity contribution in [3.8, 4) is 0 Å².